The fourth-order valence-corrected chi connectivity index (χ4v) is 7.81. The Hall–Kier alpha value is -2.38. The summed E-state index contributed by atoms with van der Waals surface area (Å²) in [6, 6.07) is 16.7. The van der Waals surface area contributed by atoms with Gasteiger partial charge in [-0.2, -0.15) is 0 Å². The zero-order valence-corrected chi connectivity index (χ0v) is 24.2. The third kappa shape index (κ3) is 6.26. The highest BCUT2D eigenvalue weighted by Crippen LogP contribution is 2.43. The second-order valence-corrected chi connectivity index (χ2v) is 13.2. The third-order valence-electron chi connectivity index (χ3n) is 6.98. The highest BCUT2D eigenvalue weighted by molar-refractivity contribution is 7.91. The lowest BCUT2D eigenvalue weighted by molar-refractivity contribution is -0.129. The van der Waals surface area contributed by atoms with Crippen LogP contribution in [0.15, 0.2) is 65.6 Å². The first kappa shape index (κ1) is 28.6. The van der Waals surface area contributed by atoms with Crippen LogP contribution in [-0.2, 0) is 27.5 Å². The van der Waals surface area contributed by atoms with Gasteiger partial charge in [-0.3, -0.25) is 9.59 Å². The van der Waals surface area contributed by atoms with Crippen LogP contribution >= 0.6 is 34.8 Å². The molecule has 0 radical (unpaired) electrons. The van der Waals surface area contributed by atoms with Gasteiger partial charge in [-0.25, -0.2) is 8.42 Å². The molecule has 4 rings (SSSR count). The average molecular weight is 593 g/mol. The van der Waals surface area contributed by atoms with E-state index in [2.05, 4.69) is 0 Å². The molecule has 1 unspecified atom stereocenters. The number of carbonyl (C=O) groups excluding carboxylic acids is 2. The van der Waals surface area contributed by atoms with Crippen LogP contribution in [0.1, 0.15) is 51.6 Å². The predicted molar refractivity (Wildman–Crippen MR) is 152 cm³/mol. The first-order valence-electron chi connectivity index (χ1n) is 12.3. The largest absolute Gasteiger partial charge is 0.349 e. The van der Waals surface area contributed by atoms with Crippen molar-refractivity contribution in [3.05, 3.63) is 98.0 Å². The van der Waals surface area contributed by atoms with Crippen molar-refractivity contribution in [1.29, 1.82) is 0 Å². The van der Waals surface area contributed by atoms with Crippen LogP contribution in [0.5, 0.6) is 0 Å². The first-order valence-corrected chi connectivity index (χ1v) is 14.9. The summed E-state index contributed by atoms with van der Waals surface area (Å²) in [5.41, 5.74) is 2.51. The molecular weight excluding hydrogens is 565 g/mol. The van der Waals surface area contributed by atoms with E-state index in [0.29, 0.717) is 41.8 Å². The Morgan fingerprint density at radius 1 is 0.947 bits per heavy atom. The topological polar surface area (TPSA) is 71.5 Å². The standard InChI is InChI=1S/C29H28Cl3NO4S/c1-33(2)28(35)12-10-18-13-20-11-9-19(15-26(34)29-24(31)7-4-8-25(29)32)14-23(20)27(16-18)38(36,37)22-6-3-5-21(30)17-22/h3-9,11,14,17-18,27H,10,12-13,15-16H2,1-2H3/t18-,27?/m1/s1. The second kappa shape index (κ2) is 11.8. The fourth-order valence-electron chi connectivity index (χ4n) is 4.98. The van der Waals surface area contributed by atoms with Gasteiger partial charge in [-0.1, -0.05) is 65.1 Å². The van der Waals surface area contributed by atoms with Crippen molar-refractivity contribution >= 4 is 56.3 Å². The molecule has 0 aliphatic heterocycles. The van der Waals surface area contributed by atoms with E-state index in [1.165, 1.54) is 6.07 Å². The summed E-state index contributed by atoms with van der Waals surface area (Å²) >= 11 is 18.6. The number of fused-ring (bicyclic) bond motifs is 1. The van der Waals surface area contributed by atoms with E-state index in [1.54, 1.807) is 55.4 Å². The molecule has 0 heterocycles. The molecule has 38 heavy (non-hydrogen) atoms. The van der Waals surface area contributed by atoms with E-state index in [0.717, 1.165) is 5.56 Å². The van der Waals surface area contributed by atoms with Crippen molar-refractivity contribution in [1.82, 2.24) is 4.90 Å². The monoisotopic (exact) mass is 591 g/mol. The van der Waals surface area contributed by atoms with Gasteiger partial charge in [0.1, 0.15) is 0 Å². The molecule has 1 aliphatic carbocycles. The van der Waals surface area contributed by atoms with E-state index < -0.39 is 15.1 Å². The highest BCUT2D eigenvalue weighted by atomic mass is 35.5. The van der Waals surface area contributed by atoms with Crippen molar-refractivity contribution < 1.29 is 18.0 Å². The number of sulfone groups is 1. The zero-order chi connectivity index (χ0) is 27.6. The normalized spacial score (nSPS) is 17.1. The van der Waals surface area contributed by atoms with Gasteiger partial charge in [-0.05, 0) is 72.2 Å². The van der Waals surface area contributed by atoms with Gasteiger partial charge < -0.3 is 4.90 Å². The van der Waals surface area contributed by atoms with Crippen molar-refractivity contribution in [3.8, 4) is 0 Å². The number of rotatable bonds is 8. The van der Waals surface area contributed by atoms with E-state index in [9.17, 15) is 18.0 Å². The number of ketones is 1. The average Bonchev–Trinajstić information content (AvgIpc) is 2.86. The summed E-state index contributed by atoms with van der Waals surface area (Å²) in [4.78, 5) is 27.0. The summed E-state index contributed by atoms with van der Waals surface area (Å²) in [5, 5.41) is 0.0586. The Balaban J connectivity index is 1.70. The molecular formula is C29H28Cl3NO4S. The van der Waals surface area contributed by atoms with E-state index in [1.807, 2.05) is 18.2 Å². The second-order valence-electron chi connectivity index (χ2n) is 9.85. The molecule has 0 saturated heterocycles. The SMILES string of the molecule is CN(C)C(=O)CC[C@@H]1Cc2ccc(CC(=O)c3c(Cl)cccc3Cl)cc2C(S(=O)(=O)c2cccc(Cl)c2)C1. The minimum Gasteiger partial charge on any atom is -0.349 e. The number of nitrogens with zero attached hydrogens (tertiary/aromatic N) is 1. The van der Waals surface area contributed by atoms with Gasteiger partial charge in [0.05, 0.1) is 25.8 Å². The molecule has 3 aromatic rings. The number of carbonyl (C=O) groups is 2. The van der Waals surface area contributed by atoms with Crippen LogP contribution in [0.2, 0.25) is 15.1 Å². The van der Waals surface area contributed by atoms with Crippen molar-refractivity contribution in [3.63, 3.8) is 0 Å². The van der Waals surface area contributed by atoms with E-state index >= 15 is 0 Å². The molecule has 1 aliphatic rings. The number of halogens is 3. The van der Waals surface area contributed by atoms with Crippen LogP contribution < -0.4 is 0 Å². The number of hydrogen-bond donors (Lipinski definition) is 0. The minimum atomic E-state index is -3.80. The molecule has 0 bridgehead atoms. The number of amides is 1. The van der Waals surface area contributed by atoms with Gasteiger partial charge in [-0.15, -0.1) is 0 Å². The van der Waals surface area contributed by atoms with Crippen LogP contribution in [-0.4, -0.2) is 39.1 Å². The van der Waals surface area contributed by atoms with Crippen LogP contribution in [0.4, 0.5) is 0 Å². The third-order valence-corrected chi connectivity index (χ3v) is 9.96. The molecule has 2 atom stereocenters. The maximum absolute atomic E-state index is 13.9. The van der Waals surface area contributed by atoms with Gasteiger partial charge in [0.2, 0.25) is 5.91 Å². The quantitative estimate of drug-likeness (QED) is 0.264. The zero-order valence-electron chi connectivity index (χ0n) is 21.1. The smallest absolute Gasteiger partial charge is 0.222 e. The van der Waals surface area contributed by atoms with E-state index in [4.69, 9.17) is 34.8 Å². The van der Waals surface area contributed by atoms with Gasteiger partial charge in [0.15, 0.2) is 15.6 Å². The van der Waals surface area contributed by atoms with E-state index in [-0.39, 0.29) is 44.5 Å². The lowest BCUT2D eigenvalue weighted by atomic mass is 9.80. The Labute approximate surface area is 238 Å². The molecule has 0 spiro atoms. The minimum absolute atomic E-state index is 0.0112. The molecule has 200 valence electrons. The molecule has 1 amide bonds. The maximum atomic E-state index is 13.9. The molecule has 0 fully saturated rings. The molecule has 5 nitrogen and oxygen atoms in total. The molecule has 3 aromatic carbocycles. The van der Waals surface area contributed by atoms with Crippen LogP contribution in [0.25, 0.3) is 0 Å². The summed E-state index contributed by atoms with van der Waals surface area (Å²) in [7, 11) is -0.380. The molecule has 0 saturated carbocycles. The fraction of sp³-hybridized carbons (Fsp3) is 0.310. The Kier molecular flexibility index (Phi) is 8.88. The number of benzene rings is 3. The number of Topliss-reactive ketones (excluding diaryl/α,β-unsaturated/α-hetero) is 1. The Bertz CT molecular complexity index is 1470. The van der Waals surface area contributed by atoms with Crippen LogP contribution in [0.3, 0.4) is 0 Å². The Morgan fingerprint density at radius 2 is 1.63 bits per heavy atom. The van der Waals surface area contributed by atoms with Gasteiger partial charge in [0.25, 0.3) is 0 Å². The summed E-state index contributed by atoms with van der Waals surface area (Å²) in [5.74, 6) is -0.220. The summed E-state index contributed by atoms with van der Waals surface area (Å²) in [6.07, 6.45) is 1.99. The molecule has 0 aromatic heterocycles. The van der Waals surface area contributed by atoms with Crippen molar-refractivity contribution in [2.75, 3.05) is 14.1 Å². The lowest BCUT2D eigenvalue weighted by Gasteiger charge is -2.32. The molecule has 0 N–H and O–H groups in total. The summed E-state index contributed by atoms with van der Waals surface area (Å²) < 4.78 is 27.8. The van der Waals surface area contributed by atoms with Gasteiger partial charge >= 0.3 is 0 Å². The highest BCUT2D eigenvalue weighted by Gasteiger charge is 2.37. The van der Waals surface area contributed by atoms with Crippen molar-refractivity contribution in [2.45, 2.75) is 42.2 Å². The summed E-state index contributed by atoms with van der Waals surface area (Å²) in [6.45, 7) is 0. The predicted octanol–water partition coefficient (Wildman–Crippen LogP) is 7.02. The molecule has 9 heteroatoms. The maximum Gasteiger partial charge on any atom is 0.222 e. The first-order chi connectivity index (χ1) is 18.0. The van der Waals surface area contributed by atoms with Crippen molar-refractivity contribution in [2.24, 2.45) is 5.92 Å². The Morgan fingerprint density at radius 3 is 2.29 bits per heavy atom. The van der Waals surface area contributed by atoms with Crippen LogP contribution in [0, 0.1) is 5.92 Å². The lowest BCUT2D eigenvalue weighted by Crippen LogP contribution is -2.27. The van der Waals surface area contributed by atoms with Gasteiger partial charge in [0, 0.05) is 32.0 Å². The number of hydrogen-bond acceptors (Lipinski definition) is 4.